The summed E-state index contributed by atoms with van der Waals surface area (Å²) in [5.74, 6) is -2.02. The Balaban J connectivity index is 1.37. The van der Waals surface area contributed by atoms with Gasteiger partial charge in [0.1, 0.15) is 17.7 Å². The van der Waals surface area contributed by atoms with E-state index in [2.05, 4.69) is 10.1 Å². The van der Waals surface area contributed by atoms with Crippen LogP contribution >= 0.6 is 0 Å². The number of halogens is 3. The average molecular weight is 467 g/mol. The smallest absolute Gasteiger partial charge is 0.259 e. The molecule has 9 heteroatoms. The van der Waals surface area contributed by atoms with Crippen molar-refractivity contribution in [2.75, 3.05) is 13.1 Å². The van der Waals surface area contributed by atoms with Crippen molar-refractivity contribution in [3.8, 4) is 17.0 Å². The van der Waals surface area contributed by atoms with Crippen molar-refractivity contribution in [1.82, 2.24) is 15.0 Å². The normalized spacial score (nSPS) is 14.5. The molecule has 1 saturated heterocycles. The van der Waals surface area contributed by atoms with Crippen LogP contribution in [0.25, 0.3) is 22.4 Å². The van der Waals surface area contributed by atoms with Crippen LogP contribution in [-0.4, -0.2) is 40.1 Å². The highest BCUT2D eigenvalue weighted by Crippen LogP contribution is 2.29. The lowest BCUT2D eigenvalue weighted by atomic mass is 10.0. The Bertz CT molecular complexity index is 1360. The third-order valence-corrected chi connectivity index (χ3v) is 5.90. The number of aryl methyl sites for hydroxylation is 1. The van der Waals surface area contributed by atoms with E-state index in [4.69, 9.17) is 9.26 Å². The van der Waals surface area contributed by atoms with E-state index < -0.39 is 11.6 Å². The van der Waals surface area contributed by atoms with Crippen molar-refractivity contribution in [3.63, 3.8) is 0 Å². The minimum Gasteiger partial charge on any atom is -0.487 e. The number of pyridine rings is 1. The van der Waals surface area contributed by atoms with Crippen LogP contribution in [0.1, 0.15) is 28.9 Å². The lowest BCUT2D eigenvalue weighted by Crippen LogP contribution is -2.42. The molecule has 0 saturated carbocycles. The molecule has 1 amide bonds. The largest absolute Gasteiger partial charge is 0.487 e. The lowest BCUT2D eigenvalue weighted by molar-refractivity contribution is 0.0590. The van der Waals surface area contributed by atoms with Gasteiger partial charge in [0.2, 0.25) is 0 Å². The Hall–Kier alpha value is -3.88. The van der Waals surface area contributed by atoms with Crippen molar-refractivity contribution in [1.29, 1.82) is 0 Å². The van der Waals surface area contributed by atoms with Crippen molar-refractivity contribution in [2.24, 2.45) is 0 Å². The number of rotatable bonds is 4. The zero-order valence-electron chi connectivity index (χ0n) is 18.2. The number of aromatic nitrogens is 2. The van der Waals surface area contributed by atoms with Gasteiger partial charge in [-0.1, -0.05) is 5.16 Å². The molecule has 3 heterocycles. The summed E-state index contributed by atoms with van der Waals surface area (Å²) in [4.78, 5) is 19.6. The van der Waals surface area contributed by atoms with E-state index in [1.807, 2.05) is 0 Å². The number of carbonyl (C=O) groups is 1. The summed E-state index contributed by atoms with van der Waals surface area (Å²) in [5.41, 5.74) is 2.28. The molecule has 0 spiro atoms. The Morgan fingerprint density at radius 2 is 1.74 bits per heavy atom. The number of hydrogen-bond donors (Lipinski definition) is 0. The fourth-order valence-corrected chi connectivity index (χ4v) is 4.13. The molecule has 6 nitrogen and oxygen atoms in total. The van der Waals surface area contributed by atoms with Crippen molar-refractivity contribution < 1.29 is 27.2 Å². The van der Waals surface area contributed by atoms with Crippen LogP contribution in [0.15, 0.2) is 53.1 Å². The predicted molar refractivity (Wildman–Crippen MR) is 118 cm³/mol. The van der Waals surface area contributed by atoms with Crippen LogP contribution < -0.4 is 4.74 Å². The van der Waals surface area contributed by atoms with Crippen molar-refractivity contribution in [2.45, 2.75) is 25.9 Å². The number of ether oxygens (including phenoxy) is 1. The topological polar surface area (TPSA) is 68.5 Å². The molecule has 2 aromatic carbocycles. The second-order valence-corrected chi connectivity index (χ2v) is 8.19. The Morgan fingerprint density at radius 1 is 1.03 bits per heavy atom. The van der Waals surface area contributed by atoms with E-state index in [1.165, 1.54) is 18.2 Å². The maximum atomic E-state index is 13.9. The monoisotopic (exact) mass is 467 g/mol. The summed E-state index contributed by atoms with van der Waals surface area (Å²) < 4.78 is 51.4. The molecular formula is C25H20F3N3O3. The van der Waals surface area contributed by atoms with Crippen LogP contribution in [-0.2, 0) is 0 Å². The van der Waals surface area contributed by atoms with Gasteiger partial charge in [0.05, 0.1) is 22.3 Å². The summed E-state index contributed by atoms with van der Waals surface area (Å²) in [6.07, 6.45) is 0.683. The minimum absolute atomic E-state index is 0.00828. The number of hydrogen-bond acceptors (Lipinski definition) is 5. The van der Waals surface area contributed by atoms with Crippen LogP contribution in [0.5, 0.6) is 5.75 Å². The number of benzene rings is 2. The standard InChI is InChI=1S/C25H20F3N3O3/c1-14-23-19(13-21(29-24(23)34-30-14)15-2-4-16(26)5-3-15)25(32)31-10-8-18(9-11-31)33-22-7-6-17(27)12-20(22)28/h2-7,12-13,18H,8-11H2,1H3. The summed E-state index contributed by atoms with van der Waals surface area (Å²) in [6, 6.07) is 10.7. The first-order chi connectivity index (χ1) is 16.4. The van der Waals surface area contributed by atoms with Gasteiger partial charge in [-0.3, -0.25) is 4.79 Å². The zero-order chi connectivity index (χ0) is 23.8. The number of piperidine rings is 1. The van der Waals surface area contributed by atoms with Gasteiger partial charge in [-0.15, -0.1) is 0 Å². The zero-order valence-corrected chi connectivity index (χ0v) is 18.2. The maximum Gasteiger partial charge on any atom is 0.259 e. The lowest BCUT2D eigenvalue weighted by Gasteiger charge is -2.32. The number of amides is 1. The first-order valence-corrected chi connectivity index (χ1v) is 10.8. The number of nitrogens with zero attached hydrogens (tertiary/aromatic N) is 3. The molecule has 0 bridgehead atoms. The quantitative estimate of drug-likeness (QED) is 0.408. The second-order valence-electron chi connectivity index (χ2n) is 8.19. The fraction of sp³-hybridized carbons (Fsp3) is 0.240. The highest BCUT2D eigenvalue weighted by molar-refractivity contribution is 6.07. The highest BCUT2D eigenvalue weighted by atomic mass is 19.1. The third-order valence-electron chi connectivity index (χ3n) is 5.90. The molecule has 0 N–H and O–H groups in total. The van der Waals surface area contributed by atoms with Gasteiger partial charge in [0.25, 0.3) is 11.6 Å². The SMILES string of the molecule is Cc1noc2nc(-c3ccc(F)cc3)cc(C(=O)N3CCC(Oc4ccc(F)cc4F)CC3)c12. The van der Waals surface area contributed by atoms with Gasteiger partial charge in [-0.05, 0) is 49.4 Å². The molecule has 5 rings (SSSR count). The van der Waals surface area contributed by atoms with E-state index in [1.54, 1.807) is 30.0 Å². The third kappa shape index (κ3) is 4.21. The Kier molecular flexibility index (Phi) is 5.69. The first kappa shape index (κ1) is 21.9. The van der Waals surface area contributed by atoms with E-state index in [0.717, 1.165) is 12.1 Å². The molecule has 0 unspecified atom stereocenters. The molecule has 0 atom stereocenters. The molecule has 2 aromatic heterocycles. The molecule has 4 aromatic rings. The van der Waals surface area contributed by atoms with Gasteiger partial charge in [0.15, 0.2) is 11.6 Å². The van der Waals surface area contributed by atoms with Crippen LogP contribution in [0.3, 0.4) is 0 Å². The number of likely N-dealkylation sites (tertiary alicyclic amines) is 1. The van der Waals surface area contributed by atoms with Crippen molar-refractivity contribution >= 4 is 17.0 Å². The van der Waals surface area contributed by atoms with Gasteiger partial charge >= 0.3 is 0 Å². The molecule has 1 aliphatic heterocycles. The molecule has 1 fully saturated rings. The molecular weight excluding hydrogens is 447 g/mol. The van der Waals surface area contributed by atoms with Gasteiger partial charge in [-0.25, -0.2) is 18.2 Å². The summed E-state index contributed by atoms with van der Waals surface area (Å²) in [6.45, 7) is 2.53. The molecule has 34 heavy (non-hydrogen) atoms. The molecule has 0 radical (unpaired) electrons. The Labute approximate surface area is 192 Å². The summed E-state index contributed by atoms with van der Waals surface area (Å²) >= 11 is 0. The first-order valence-electron chi connectivity index (χ1n) is 10.8. The van der Waals surface area contributed by atoms with Crippen molar-refractivity contribution in [3.05, 3.63) is 77.2 Å². The average Bonchev–Trinajstić information content (AvgIpc) is 3.21. The van der Waals surface area contributed by atoms with E-state index in [0.29, 0.717) is 53.8 Å². The maximum absolute atomic E-state index is 13.9. The minimum atomic E-state index is -0.756. The van der Waals surface area contributed by atoms with Gasteiger partial charge < -0.3 is 14.2 Å². The molecule has 174 valence electrons. The number of fused-ring (bicyclic) bond motifs is 1. The predicted octanol–water partition coefficient (Wildman–Crippen LogP) is 5.30. The number of carbonyl (C=O) groups excluding carboxylic acids is 1. The van der Waals surface area contributed by atoms with Gasteiger partial charge in [-0.2, -0.15) is 0 Å². The van der Waals surface area contributed by atoms with E-state index in [-0.39, 0.29) is 29.3 Å². The molecule has 0 aliphatic carbocycles. The highest BCUT2D eigenvalue weighted by Gasteiger charge is 2.28. The Morgan fingerprint density at radius 3 is 2.44 bits per heavy atom. The van der Waals surface area contributed by atoms with E-state index in [9.17, 15) is 18.0 Å². The second kappa shape index (κ2) is 8.81. The van der Waals surface area contributed by atoms with Crippen LogP contribution in [0, 0.1) is 24.4 Å². The molecule has 1 aliphatic rings. The van der Waals surface area contributed by atoms with E-state index >= 15 is 0 Å². The van der Waals surface area contributed by atoms with Crippen LogP contribution in [0.2, 0.25) is 0 Å². The summed E-state index contributed by atoms with van der Waals surface area (Å²) in [5, 5.41) is 4.49. The van der Waals surface area contributed by atoms with Gasteiger partial charge in [0, 0.05) is 37.6 Å². The van der Waals surface area contributed by atoms with Crippen LogP contribution in [0.4, 0.5) is 13.2 Å². The fourth-order valence-electron chi connectivity index (χ4n) is 4.13. The summed E-state index contributed by atoms with van der Waals surface area (Å²) in [7, 11) is 0.